The first-order valence-electron chi connectivity index (χ1n) is 6.04. The number of esters is 1. The van der Waals surface area contributed by atoms with E-state index in [9.17, 15) is 9.18 Å². The van der Waals surface area contributed by atoms with E-state index >= 15 is 0 Å². The van der Waals surface area contributed by atoms with Crippen LogP contribution in [-0.4, -0.2) is 24.4 Å². The fourth-order valence-corrected chi connectivity index (χ4v) is 2.33. The Hall–Kier alpha value is -1.23. The Morgan fingerprint density at radius 3 is 2.68 bits per heavy atom. The van der Waals surface area contributed by atoms with Gasteiger partial charge in [0.2, 0.25) is 0 Å². The maximum atomic E-state index is 13.6. The van der Waals surface area contributed by atoms with Gasteiger partial charge < -0.3 is 9.47 Å². The van der Waals surface area contributed by atoms with Crippen LogP contribution in [0.5, 0.6) is 5.75 Å². The summed E-state index contributed by atoms with van der Waals surface area (Å²) in [6.07, 6.45) is 0. The van der Waals surface area contributed by atoms with E-state index in [0.717, 1.165) is 0 Å². The molecule has 0 N–H and O–H groups in total. The highest BCUT2D eigenvalue weighted by molar-refractivity contribution is 8.00. The highest BCUT2D eigenvalue weighted by Gasteiger charge is 2.30. The van der Waals surface area contributed by atoms with Crippen LogP contribution < -0.4 is 4.74 Å². The number of rotatable bonds is 6. The zero-order valence-corrected chi connectivity index (χ0v) is 12.5. The summed E-state index contributed by atoms with van der Waals surface area (Å²) < 4.78 is 23.0. The van der Waals surface area contributed by atoms with Crippen molar-refractivity contribution >= 4 is 17.7 Å². The standard InChI is InChI=1S/C14H19FO3S/c1-5-18-13(16)14(2,3)19-9-10-8-11(17-4)6-7-12(10)15/h6-8H,5,9H2,1-4H3. The second-order valence-electron chi connectivity index (χ2n) is 4.48. The van der Waals surface area contributed by atoms with Crippen LogP contribution in [-0.2, 0) is 15.3 Å². The zero-order chi connectivity index (χ0) is 14.5. The van der Waals surface area contributed by atoms with E-state index in [1.807, 2.05) is 0 Å². The molecule has 0 saturated carbocycles. The predicted molar refractivity (Wildman–Crippen MR) is 75.0 cm³/mol. The quantitative estimate of drug-likeness (QED) is 0.751. The first-order chi connectivity index (χ1) is 8.90. The third-order valence-electron chi connectivity index (χ3n) is 2.61. The van der Waals surface area contributed by atoms with Crippen molar-refractivity contribution in [1.29, 1.82) is 0 Å². The lowest BCUT2D eigenvalue weighted by molar-refractivity contribution is -0.145. The Balaban J connectivity index is 2.73. The Bertz CT molecular complexity index is 446. The number of carbonyl (C=O) groups is 1. The van der Waals surface area contributed by atoms with Crippen molar-refractivity contribution < 1.29 is 18.7 Å². The second-order valence-corrected chi connectivity index (χ2v) is 6.07. The largest absolute Gasteiger partial charge is 0.497 e. The molecule has 106 valence electrons. The summed E-state index contributed by atoms with van der Waals surface area (Å²) in [7, 11) is 1.53. The second kappa shape index (κ2) is 6.80. The molecule has 0 amide bonds. The number of ether oxygens (including phenoxy) is 2. The molecular formula is C14H19FO3S. The number of carbonyl (C=O) groups excluding carboxylic acids is 1. The van der Waals surface area contributed by atoms with Gasteiger partial charge in [-0.05, 0) is 39.0 Å². The molecule has 5 heteroatoms. The summed E-state index contributed by atoms with van der Waals surface area (Å²) in [5.41, 5.74) is 0.515. The molecule has 1 rings (SSSR count). The minimum Gasteiger partial charge on any atom is -0.497 e. The van der Waals surface area contributed by atoms with E-state index in [1.54, 1.807) is 32.9 Å². The van der Waals surface area contributed by atoms with E-state index < -0.39 is 4.75 Å². The van der Waals surface area contributed by atoms with Gasteiger partial charge in [-0.2, -0.15) is 0 Å². The van der Waals surface area contributed by atoms with E-state index in [2.05, 4.69) is 0 Å². The highest BCUT2D eigenvalue weighted by Crippen LogP contribution is 2.31. The Morgan fingerprint density at radius 1 is 1.42 bits per heavy atom. The molecular weight excluding hydrogens is 267 g/mol. The lowest BCUT2D eigenvalue weighted by Gasteiger charge is -2.21. The maximum Gasteiger partial charge on any atom is 0.321 e. The average Bonchev–Trinajstić information content (AvgIpc) is 2.38. The van der Waals surface area contributed by atoms with E-state index in [-0.39, 0.29) is 11.8 Å². The molecule has 0 heterocycles. The van der Waals surface area contributed by atoms with Crippen LogP contribution in [0.3, 0.4) is 0 Å². The molecule has 0 aliphatic rings. The number of thioether (sulfide) groups is 1. The van der Waals surface area contributed by atoms with Gasteiger partial charge in [0, 0.05) is 11.3 Å². The maximum absolute atomic E-state index is 13.6. The molecule has 1 aromatic carbocycles. The van der Waals surface area contributed by atoms with E-state index in [1.165, 1.54) is 24.9 Å². The SMILES string of the molecule is CCOC(=O)C(C)(C)SCc1cc(OC)ccc1F. The van der Waals surface area contributed by atoms with Crippen LogP contribution in [0.25, 0.3) is 0 Å². The summed E-state index contributed by atoms with van der Waals surface area (Å²) in [6.45, 7) is 5.65. The summed E-state index contributed by atoms with van der Waals surface area (Å²) in [4.78, 5) is 11.7. The molecule has 0 aromatic heterocycles. The molecule has 0 aliphatic heterocycles. The molecule has 0 radical (unpaired) electrons. The van der Waals surface area contributed by atoms with E-state index in [4.69, 9.17) is 9.47 Å². The summed E-state index contributed by atoms with van der Waals surface area (Å²) in [6, 6.07) is 4.58. The number of benzene rings is 1. The average molecular weight is 286 g/mol. The van der Waals surface area contributed by atoms with Crippen molar-refractivity contribution in [2.45, 2.75) is 31.3 Å². The molecule has 3 nitrogen and oxygen atoms in total. The van der Waals surface area contributed by atoms with Gasteiger partial charge in [0.05, 0.1) is 13.7 Å². The van der Waals surface area contributed by atoms with Crippen molar-refractivity contribution in [1.82, 2.24) is 0 Å². The first-order valence-corrected chi connectivity index (χ1v) is 7.03. The van der Waals surface area contributed by atoms with Gasteiger partial charge in [0.15, 0.2) is 0 Å². The van der Waals surface area contributed by atoms with Gasteiger partial charge in [-0.3, -0.25) is 4.79 Å². The summed E-state index contributed by atoms with van der Waals surface area (Å²) >= 11 is 1.34. The molecule has 0 aliphatic carbocycles. The van der Waals surface area contributed by atoms with Crippen LogP contribution >= 0.6 is 11.8 Å². The van der Waals surface area contributed by atoms with Crippen molar-refractivity contribution in [2.24, 2.45) is 0 Å². The van der Waals surface area contributed by atoms with Gasteiger partial charge in [-0.25, -0.2) is 4.39 Å². The molecule has 0 spiro atoms. The predicted octanol–water partition coefficient (Wildman–Crippen LogP) is 3.41. The minimum atomic E-state index is -0.703. The molecule has 0 atom stereocenters. The van der Waals surface area contributed by atoms with Crippen molar-refractivity contribution in [3.05, 3.63) is 29.6 Å². The van der Waals surface area contributed by atoms with Crippen LogP contribution in [0.15, 0.2) is 18.2 Å². The molecule has 0 fully saturated rings. The minimum absolute atomic E-state index is 0.289. The van der Waals surface area contributed by atoms with Gasteiger partial charge in [-0.15, -0.1) is 11.8 Å². The Labute approximate surface area is 117 Å². The molecule has 1 aromatic rings. The van der Waals surface area contributed by atoms with Gasteiger partial charge in [-0.1, -0.05) is 0 Å². The summed E-state index contributed by atoms with van der Waals surface area (Å²) in [5, 5.41) is 0. The highest BCUT2D eigenvalue weighted by atomic mass is 32.2. The molecule has 0 unspecified atom stereocenters. The summed E-state index contributed by atoms with van der Waals surface area (Å²) in [5.74, 6) is 0.400. The Morgan fingerprint density at radius 2 is 2.11 bits per heavy atom. The lowest BCUT2D eigenvalue weighted by atomic mass is 10.2. The van der Waals surface area contributed by atoms with Crippen molar-refractivity contribution in [2.75, 3.05) is 13.7 Å². The fraction of sp³-hybridized carbons (Fsp3) is 0.500. The number of hydrogen-bond donors (Lipinski definition) is 0. The smallest absolute Gasteiger partial charge is 0.321 e. The molecule has 0 saturated heterocycles. The van der Waals surface area contributed by atoms with Crippen LogP contribution in [0.4, 0.5) is 4.39 Å². The monoisotopic (exact) mass is 286 g/mol. The van der Waals surface area contributed by atoms with Gasteiger partial charge >= 0.3 is 5.97 Å². The third-order valence-corrected chi connectivity index (χ3v) is 3.95. The normalized spacial score (nSPS) is 11.2. The van der Waals surface area contributed by atoms with Crippen LogP contribution in [0.2, 0.25) is 0 Å². The zero-order valence-electron chi connectivity index (χ0n) is 11.7. The number of halogens is 1. The third kappa shape index (κ3) is 4.42. The van der Waals surface area contributed by atoms with Crippen LogP contribution in [0.1, 0.15) is 26.3 Å². The molecule has 19 heavy (non-hydrogen) atoms. The fourth-order valence-electron chi connectivity index (χ4n) is 1.41. The van der Waals surface area contributed by atoms with E-state index in [0.29, 0.717) is 23.7 Å². The lowest BCUT2D eigenvalue weighted by Crippen LogP contribution is -2.30. The topological polar surface area (TPSA) is 35.5 Å². The number of methoxy groups -OCH3 is 1. The Kier molecular flexibility index (Phi) is 5.66. The van der Waals surface area contributed by atoms with Gasteiger partial charge in [0.1, 0.15) is 16.3 Å². The number of hydrogen-bond acceptors (Lipinski definition) is 4. The molecule has 0 bridgehead atoms. The van der Waals surface area contributed by atoms with Gasteiger partial charge in [0.25, 0.3) is 0 Å². The van der Waals surface area contributed by atoms with Crippen molar-refractivity contribution in [3.8, 4) is 5.75 Å². The van der Waals surface area contributed by atoms with Crippen LogP contribution in [0, 0.1) is 5.82 Å². The van der Waals surface area contributed by atoms with Crippen molar-refractivity contribution in [3.63, 3.8) is 0 Å². The first kappa shape index (κ1) is 15.8.